The van der Waals surface area contributed by atoms with Crippen molar-refractivity contribution >= 4 is 17.4 Å². The number of amides is 1. The molecule has 1 saturated heterocycles. The van der Waals surface area contributed by atoms with Gasteiger partial charge in [-0.3, -0.25) is 9.59 Å². The van der Waals surface area contributed by atoms with Crippen LogP contribution in [0.15, 0.2) is 54.1 Å². The van der Waals surface area contributed by atoms with Crippen LogP contribution in [0.1, 0.15) is 17.2 Å². The predicted octanol–water partition coefficient (Wildman–Crippen LogP) is 2.77. The van der Waals surface area contributed by atoms with Crippen LogP contribution in [-0.2, 0) is 14.3 Å². The summed E-state index contributed by atoms with van der Waals surface area (Å²) in [4.78, 5) is 27.1. The van der Waals surface area contributed by atoms with Gasteiger partial charge in [0.1, 0.15) is 17.3 Å². The summed E-state index contributed by atoms with van der Waals surface area (Å²) in [6.45, 7) is 0.416. The number of nitrogens with zero attached hydrogens (tertiary/aromatic N) is 1. The second kappa shape index (κ2) is 8.79. The van der Waals surface area contributed by atoms with Crippen molar-refractivity contribution in [3.8, 4) is 11.5 Å². The van der Waals surface area contributed by atoms with E-state index in [4.69, 9.17) is 14.2 Å². The van der Waals surface area contributed by atoms with Crippen LogP contribution in [-0.4, -0.2) is 56.2 Å². The molecule has 0 bridgehead atoms. The van der Waals surface area contributed by atoms with Gasteiger partial charge >= 0.3 is 0 Å². The molecule has 0 spiro atoms. The summed E-state index contributed by atoms with van der Waals surface area (Å²) in [6, 6.07) is 12.9. The molecule has 0 saturated carbocycles. The molecule has 2 aromatic carbocycles. The predicted molar refractivity (Wildman–Crippen MR) is 107 cm³/mol. The summed E-state index contributed by atoms with van der Waals surface area (Å²) in [7, 11) is 4.54. The third-order valence-corrected chi connectivity index (χ3v) is 4.85. The molecule has 152 valence electrons. The molecule has 1 aliphatic heterocycles. The first-order valence-electron chi connectivity index (χ1n) is 9.08. The minimum Gasteiger partial charge on any atom is -0.507 e. The molecule has 1 aliphatic rings. The second-order valence-electron chi connectivity index (χ2n) is 6.46. The fourth-order valence-corrected chi connectivity index (χ4v) is 3.43. The molecule has 7 nitrogen and oxygen atoms in total. The molecule has 1 atom stereocenters. The first-order chi connectivity index (χ1) is 14.0. The molecule has 7 heteroatoms. The Bertz CT molecular complexity index is 938. The summed E-state index contributed by atoms with van der Waals surface area (Å²) in [5.41, 5.74) is 0.993. The van der Waals surface area contributed by atoms with Crippen molar-refractivity contribution in [1.29, 1.82) is 0 Å². The number of methoxy groups -OCH3 is 3. The average molecular weight is 397 g/mol. The van der Waals surface area contributed by atoms with E-state index in [0.29, 0.717) is 22.6 Å². The Balaban J connectivity index is 2.24. The zero-order valence-corrected chi connectivity index (χ0v) is 16.5. The number of likely N-dealkylation sites (tertiary alicyclic amines) is 1. The maximum absolute atomic E-state index is 12.9. The van der Waals surface area contributed by atoms with E-state index < -0.39 is 17.7 Å². The first kappa shape index (κ1) is 20.4. The van der Waals surface area contributed by atoms with Gasteiger partial charge in [0.25, 0.3) is 11.7 Å². The van der Waals surface area contributed by atoms with E-state index >= 15 is 0 Å². The highest BCUT2D eigenvalue weighted by molar-refractivity contribution is 6.46. The Kier molecular flexibility index (Phi) is 6.19. The van der Waals surface area contributed by atoms with Crippen LogP contribution in [0.3, 0.4) is 0 Å². The highest BCUT2D eigenvalue weighted by Crippen LogP contribution is 2.43. The summed E-state index contributed by atoms with van der Waals surface area (Å²) >= 11 is 0. The molecule has 0 radical (unpaired) electrons. The van der Waals surface area contributed by atoms with Crippen LogP contribution in [0.5, 0.6) is 11.5 Å². The zero-order chi connectivity index (χ0) is 21.0. The number of hydrogen-bond donors (Lipinski definition) is 1. The fourth-order valence-electron chi connectivity index (χ4n) is 3.43. The van der Waals surface area contributed by atoms with Crippen LogP contribution in [0, 0.1) is 0 Å². The summed E-state index contributed by atoms with van der Waals surface area (Å²) < 4.78 is 15.9. The molecule has 1 amide bonds. The highest BCUT2D eigenvalue weighted by Gasteiger charge is 2.47. The SMILES string of the molecule is COCCN1C(=O)C(=O)C(=C(O)c2ccccc2)[C@H]1c1cc(OC)ccc1OC. The van der Waals surface area contributed by atoms with E-state index in [2.05, 4.69) is 0 Å². The Hall–Kier alpha value is -3.32. The van der Waals surface area contributed by atoms with Gasteiger partial charge in [-0.25, -0.2) is 0 Å². The lowest BCUT2D eigenvalue weighted by atomic mass is 9.94. The molecule has 0 unspecified atom stereocenters. The zero-order valence-electron chi connectivity index (χ0n) is 16.5. The number of carbonyl (C=O) groups excluding carboxylic acids is 2. The van der Waals surface area contributed by atoms with E-state index in [1.807, 2.05) is 0 Å². The van der Waals surface area contributed by atoms with Crippen LogP contribution in [0.4, 0.5) is 0 Å². The van der Waals surface area contributed by atoms with E-state index in [0.717, 1.165) is 0 Å². The third kappa shape index (κ3) is 3.82. The Morgan fingerprint density at radius 3 is 2.38 bits per heavy atom. The third-order valence-electron chi connectivity index (χ3n) is 4.85. The lowest BCUT2D eigenvalue weighted by Crippen LogP contribution is -2.32. The van der Waals surface area contributed by atoms with Crippen molar-refractivity contribution in [2.24, 2.45) is 0 Å². The molecule has 29 heavy (non-hydrogen) atoms. The lowest BCUT2D eigenvalue weighted by molar-refractivity contribution is -0.140. The Morgan fingerprint density at radius 2 is 1.76 bits per heavy atom. The van der Waals surface area contributed by atoms with Crippen LogP contribution in [0.25, 0.3) is 5.76 Å². The van der Waals surface area contributed by atoms with E-state index in [1.165, 1.54) is 26.2 Å². The average Bonchev–Trinajstić information content (AvgIpc) is 3.01. The molecule has 2 aromatic rings. The van der Waals surface area contributed by atoms with Crippen LogP contribution < -0.4 is 9.47 Å². The standard InChI is InChI=1S/C22H23NO6/c1-27-12-11-23-19(16-13-15(28-2)9-10-17(16)29-3)18(21(25)22(23)26)20(24)14-7-5-4-6-8-14/h4-10,13,19,24H,11-12H2,1-3H3/t19-/m1/s1. The molecule has 1 fully saturated rings. The maximum atomic E-state index is 12.9. The second-order valence-corrected chi connectivity index (χ2v) is 6.46. The monoisotopic (exact) mass is 397 g/mol. The van der Waals surface area contributed by atoms with E-state index in [1.54, 1.807) is 48.5 Å². The van der Waals surface area contributed by atoms with Crippen molar-refractivity contribution in [1.82, 2.24) is 4.90 Å². The van der Waals surface area contributed by atoms with Gasteiger partial charge in [-0.05, 0) is 18.2 Å². The number of aliphatic hydroxyl groups excluding tert-OH is 1. The fraction of sp³-hybridized carbons (Fsp3) is 0.273. The highest BCUT2D eigenvalue weighted by atomic mass is 16.5. The van der Waals surface area contributed by atoms with Gasteiger partial charge in [-0.2, -0.15) is 0 Å². The van der Waals surface area contributed by atoms with Crippen molar-refractivity contribution in [3.05, 3.63) is 65.2 Å². The van der Waals surface area contributed by atoms with E-state index in [-0.39, 0.29) is 24.5 Å². The van der Waals surface area contributed by atoms with Crippen molar-refractivity contribution < 1.29 is 28.9 Å². The van der Waals surface area contributed by atoms with Gasteiger partial charge in [0.15, 0.2) is 0 Å². The number of ketones is 1. The van der Waals surface area contributed by atoms with Gasteiger partial charge in [0, 0.05) is 24.8 Å². The number of carbonyl (C=O) groups is 2. The van der Waals surface area contributed by atoms with Gasteiger partial charge in [-0.15, -0.1) is 0 Å². The smallest absolute Gasteiger partial charge is 0.295 e. The Morgan fingerprint density at radius 1 is 1.03 bits per heavy atom. The molecular formula is C22H23NO6. The van der Waals surface area contributed by atoms with Gasteiger partial charge in [0.05, 0.1) is 32.4 Å². The van der Waals surface area contributed by atoms with Crippen molar-refractivity contribution in [2.45, 2.75) is 6.04 Å². The quantitative estimate of drug-likeness (QED) is 0.439. The number of ether oxygens (including phenoxy) is 3. The molecule has 1 heterocycles. The first-order valence-corrected chi connectivity index (χ1v) is 9.08. The molecule has 0 aliphatic carbocycles. The minimum atomic E-state index is -0.838. The number of hydrogen-bond acceptors (Lipinski definition) is 6. The van der Waals surface area contributed by atoms with Crippen LogP contribution in [0.2, 0.25) is 0 Å². The number of rotatable bonds is 7. The van der Waals surface area contributed by atoms with E-state index in [9.17, 15) is 14.7 Å². The minimum absolute atomic E-state index is 0.00357. The van der Waals surface area contributed by atoms with Gasteiger partial charge in [0.2, 0.25) is 0 Å². The lowest BCUT2D eigenvalue weighted by Gasteiger charge is -2.26. The number of benzene rings is 2. The van der Waals surface area contributed by atoms with Crippen molar-refractivity contribution in [2.75, 3.05) is 34.5 Å². The Labute approximate surface area is 169 Å². The summed E-state index contributed by atoms with van der Waals surface area (Å²) in [6.07, 6.45) is 0. The molecule has 0 aromatic heterocycles. The molecule has 1 N–H and O–H groups in total. The van der Waals surface area contributed by atoms with Gasteiger partial charge in [-0.1, -0.05) is 30.3 Å². The van der Waals surface area contributed by atoms with Crippen molar-refractivity contribution in [3.63, 3.8) is 0 Å². The topological polar surface area (TPSA) is 85.3 Å². The molecular weight excluding hydrogens is 374 g/mol. The number of Topliss-reactive ketones (excluding diaryl/α,β-unsaturated/α-hetero) is 1. The van der Waals surface area contributed by atoms with Crippen LogP contribution >= 0.6 is 0 Å². The summed E-state index contributed by atoms with van der Waals surface area (Å²) in [5, 5.41) is 11.0. The summed E-state index contributed by atoms with van der Waals surface area (Å²) in [5.74, 6) is -0.678. The normalized spacial score (nSPS) is 18.2. The largest absolute Gasteiger partial charge is 0.507 e. The number of aliphatic hydroxyl groups is 1. The maximum Gasteiger partial charge on any atom is 0.295 e. The molecule has 3 rings (SSSR count). The van der Waals surface area contributed by atoms with Gasteiger partial charge < -0.3 is 24.2 Å².